The van der Waals surface area contributed by atoms with Crippen LogP contribution in [0, 0.1) is 11.8 Å². The molecule has 1 fully saturated rings. The first kappa shape index (κ1) is 15.8. The summed E-state index contributed by atoms with van der Waals surface area (Å²) >= 11 is 0. The molecule has 1 heterocycles. The van der Waals surface area contributed by atoms with E-state index in [1.807, 2.05) is 24.3 Å². The van der Waals surface area contributed by atoms with Crippen molar-refractivity contribution in [2.24, 2.45) is 11.8 Å². The van der Waals surface area contributed by atoms with E-state index in [0.29, 0.717) is 18.3 Å². The topological polar surface area (TPSA) is 58.4 Å². The lowest BCUT2D eigenvalue weighted by atomic mass is 10.1. The number of hydrogen-bond donors (Lipinski definition) is 2. The Morgan fingerprint density at radius 2 is 2.10 bits per heavy atom. The van der Waals surface area contributed by atoms with Crippen LogP contribution in [0.15, 0.2) is 24.3 Å². The fraction of sp³-hybridized carbons (Fsp3) is 0.588. The summed E-state index contributed by atoms with van der Waals surface area (Å²) < 4.78 is 0. The highest BCUT2D eigenvalue weighted by Gasteiger charge is 2.22. The number of likely N-dealkylation sites (tertiary alicyclic amines) is 1. The zero-order valence-corrected chi connectivity index (χ0v) is 13.1. The third kappa shape index (κ3) is 5.38. The van der Waals surface area contributed by atoms with Crippen LogP contribution in [0.4, 0.5) is 5.69 Å². The highest BCUT2D eigenvalue weighted by atomic mass is 16.1. The Labute approximate surface area is 127 Å². The molecule has 0 aliphatic carbocycles. The quantitative estimate of drug-likeness (QED) is 0.787. The van der Waals surface area contributed by atoms with E-state index in [4.69, 9.17) is 5.73 Å². The van der Waals surface area contributed by atoms with Crippen LogP contribution in [0.25, 0.3) is 0 Å². The molecule has 116 valence electrons. The van der Waals surface area contributed by atoms with Crippen LogP contribution in [-0.4, -0.2) is 37.0 Å². The van der Waals surface area contributed by atoms with E-state index in [1.54, 1.807) is 0 Å². The molecule has 0 radical (unpaired) electrons. The number of nitrogens with zero attached hydrogens (tertiary/aromatic N) is 1. The smallest absolute Gasteiger partial charge is 0.224 e. The van der Waals surface area contributed by atoms with Gasteiger partial charge in [0, 0.05) is 25.3 Å². The highest BCUT2D eigenvalue weighted by molar-refractivity contribution is 5.78. The first-order chi connectivity index (χ1) is 10.0. The molecule has 1 saturated heterocycles. The monoisotopic (exact) mass is 289 g/mol. The number of nitrogens with two attached hydrogens (primary N) is 1. The first-order valence-electron chi connectivity index (χ1n) is 7.86. The van der Waals surface area contributed by atoms with E-state index in [1.165, 1.54) is 6.42 Å². The summed E-state index contributed by atoms with van der Waals surface area (Å²) in [6.45, 7) is 8.73. The largest absolute Gasteiger partial charge is 0.399 e. The van der Waals surface area contributed by atoms with Gasteiger partial charge in [0.1, 0.15) is 0 Å². The Balaban J connectivity index is 1.69. The van der Waals surface area contributed by atoms with E-state index in [2.05, 4.69) is 24.1 Å². The van der Waals surface area contributed by atoms with Crippen molar-refractivity contribution in [3.63, 3.8) is 0 Å². The Kier molecular flexibility index (Phi) is 5.62. The number of carbonyl (C=O) groups excluding carboxylic acids is 1. The van der Waals surface area contributed by atoms with Crippen LogP contribution in [0.3, 0.4) is 0 Å². The number of hydrogen-bond acceptors (Lipinski definition) is 3. The minimum Gasteiger partial charge on any atom is -0.399 e. The zero-order valence-electron chi connectivity index (χ0n) is 13.1. The minimum absolute atomic E-state index is 0.0991. The lowest BCUT2D eigenvalue weighted by Crippen LogP contribution is -2.32. The van der Waals surface area contributed by atoms with Crippen molar-refractivity contribution < 1.29 is 4.79 Å². The van der Waals surface area contributed by atoms with Gasteiger partial charge in [0.2, 0.25) is 5.91 Å². The van der Waals surface area contributed by atoms with Crippen molar-refractivity contribution in [3.8, 4) is 0 Å². The summed E-state index contributed by atoms with van der Waals surface area (Å²) in [5.74, 6) is 1.41. The van der Waals surface area contributed by atoms with Gasteiger partial charge in [-0.15, -0.1) is 0 Å². The molecule has 1 aromatic carbocycles. The molecule has 21 heavy (non-hydrogen) atoms. The molecule has 1 aliphatic rings. The average Bonchev–Trinajstić information content (AvgIpc) is 2.86. The third-order valence-corrected chi connectivity index (χ3v) is 3.93. The number of nitrogen functional groups attached to an aromatic ring is 1. The van der Waals surface area contributed by atoms with Gasteiger partial charge >= 0.3 is 0 Å². The summed E-state index contributed by atoms with van der Waals surface area (Å²) in [4.78, 5) is 14.5. The van der Waals surface area contributed by atoms with Gasteiger partial charge in [-0.2, -0.15) is 0 Å². The predicted octanol–water partition coefficient (Wildman–Crippen LogP) is 1.91. The molecule has 2 rings (SSSR count). The number of carbonyl (C=O) groups is 1. The Morgan fingerprint density at radius 1 is 1.38 bits per heavy atom. The van der Waals surface area contributed by atoms with Crippen LogP contribution in [0.1, 0.15) is 25.8 Å². The van der Waals surface area contributed by atoms with Gasteiger partial charge in [0.25, 0.3) is 0 Å². The Morgan fingerprint density at radius 3 is 2.76 bits per heavy atom. The molecular weight excluding hydrogens is 262 g/mol. The van der Waals surface area contributed by atoms with Gasteiger partial charge in [-0.05, 0) is 42.5 Å². The second-order valence-electron chi connectivity index (χ2n) is 6.53. The number of amides is 1. The normalized spacial score (nSPS) is 19.1. The maximum atomic E-state index is 12.0. The van der Waals surface area contributed by atoms with E-state index < -0.39 is 0 Å². The second kappa shape index (κ2) is 7.46. The van der Waals surface area contributed by atoms with Crippen molar-refractivity contribution in [2.75, 3.05) is 31.9 Å². The van der Waals surface area contributed by atoms with Crippen molar-refractivity contribution in [2.45, 2.75) is 26.7 Å². The van der Waals surface area contributed by atoms with E-state index in [0.717, 1.165) is 37.4 Å². The highest BCUT2D eigenvalue weighted by Crippen LogP contribution is 2.16. The van der Waals surface area contributed by atoms with Crippen LogP contribution in [-0.2, 0) is 11.2 Å². The summed E-state index contributed by atoms with van der Waals surface area (Å²) in [6.07, 6.45) is 1.62. The average molecular weight is 289 g/mol. The maximum absolute atomic E-state index is 12.0. The van der Waals surface area contributed by atoms with E-state index in [9.17, 15) is 4.79 Å². The van der Waals surface area contributed by atoms with E-state index in [-0.39, 0.29) is 5.91 Å². The van der Waals surface area contributed by atoms with E-state index >= 15 is 0 Å². The summed E-state index contributed by atoms with van der Waals surface area (Å²) in [5.41, 5.74) is 7.38. The predicted molar refractivity (Wildman–Crippen MR) is 87.0 cm³/mol. The molecule has 1 amide bonds. The third-order valence-electron chi connectivity index (χ3n) is 3.93. The molecule has 1 aliphatic heterocycles. The summed E-state index contributed by atoms with van der Waals surface area (Å²) in [6, 6.07) is 7.50. The molecule has 4 nitrogen and oxygen atoms in total. The Bertz CT molecular complexity index is 456. The maximum Gasteiger partial charge on any atom is 0.224 e. The van der Waals surface area contributed by atoms with Gasteiger partial charge in [-0.1, -0.05) is 26.0 Å². The fourth-order valence-electron chi connectivity index (χ4n) is 2.90. The zero-order chi connectivity index (χ0) is 15.2. The fourth-order valence-corrected chi connectivity index (χ4v) is 2.90. The Hall–Kier alpha value is -1.55. The number of anilines is 1. The van der Waals surface area contributed by atoms with Crippen molar-refractivity contribution in [1.29, 1.82) is 0 Å². The molecule has 0 bridgehead atoms. The first-order valence-corrected chi connectivity index (χ1v) is 7.86. The molecule has 0 spiro atoms. The number of nitrogens with one attached hydrogen (secondary N) is 1. The van der Waals surface area contributed by atoms with Gasteiger partial charge in [0.15, 0.2) is 0 Å². The van der Waals surface area contributed by atoms with Crippen molar-refractivity contribution in [1.82, 2.24) is 10.2 Å². The number of rotatable bonds is 6. The summed E-state index contributed by atoms with van der Waals surface area (Å²) in [5, 5.41) is 3.06. The lowest BCUT2D eigenvalue weighted by Gasteiger charge is -2.18. The van der Waals surface area contributed by atoms with Crippen molar-refractivity contribution >= 4 is 11.6 Å². The molecule has 0 saturated carbocycles. The summed E-state index contributed by atoms with van der Waals surface area (Å²) in [7, 11) is 0. The molecule has 0 aromatic heterocycles. The molecular formula is C17H27N3O. The van der Waals surface area contributed by atoms with Gasteiger partial charge in [-0.3, -0.25) is 4.79 Å². The lowest BCUT2D eigenvalue weighted by molar-refractivity contribution is -0.120. The van der Waals surface area contributed by atoms with Crippen LogP contribution in [0.2, 0.25) is 0 Å². The van der Waals surface area contributed by atoms with Gasteiger partial charge in [-0.25, -0.2) is 0 Å². The molecule has 1 unspecified atom stereocenters. The van der Waals surface area contributed by atoms with Gasteiger partial charge < -0.3 is 16.0 Å². The standard InChI is InChI=1S/C17H27N3O/c1-13(2)11-20-8-7-15(12-20)10-19-17(21)9-14-3-5-16(18)6-4-14/h3-6,13,15H,7-12,18H2,1-2H3,(H,19,21). The van der Waals surface area contributed by atoms with Crippen LogP contribution < -0.4 is 11.1 Å². The van der Waals surface area contributed by atoms with Crippen molar-refractivity contribution in [3.05, 3.63) is 29.8 Å². The van der Waals surface area contributed by atoms with Crippen LogP contribution >= 0.6 is 0 Å². The molecule has 3 N–H and O–H groups in total. The SMILES string of the molecule is CC(C)CN1CCC(CNC(=O)Cc2ccc(N)cc2)C1. The number of benzene rings is 1. The molecule has 4 heteroatoms. The minimum atomic E-state index is 0.0991. The van der Waals surface area contributed by atoms with Crippen LogP contribution in [0.5, 0.6) is 0 Å². The van der Waals surface area contributed by atoms with Gasteiger partial charge in [0.05, 0.1) is 6.42 Å². The molecule has 1 atom stereocenters. The second-order valence-corrected chi connectivity index (χ2v) is 6.53. The molecule has 1 aromatic rings.